The Kier molecular flexibility index (Phi) is 5.61. The number of piperazine rings is 1. The molecule has 1 amide bonds. The summed E-state index contributed by atoms with van der Waals surface area (Å²) in [7, 11) is -3.50. The first kappa shape index (κ1) is 21.2. The normalized spacial score (nSPS) is 15.9. The van der Waals surface area contributed by atoms with Gasteiger partial charge in [-0.15, -0.1) is 0 Å². The molecule has 0 bridgehead atoms. The van der Waals surface area contributed by atoms with E-state index in [9.17, 15) is 13.2 Å². The van der Waals surface area contributed by atoms with Gasteiger partial charge in [0.25, 0.3) is 5.91 Å². The number of nitrogens with one attached hydrogen (secondary N) is 1. The predicted molar refractivity (Wildman–Crippen MR) is 122 cm³/mol. The first-order valence-corrected chi connectivity index (χ1v) is 11.9. The number of fused-ring (bicyclic) bond motifs is 1. The van der Waals surface area contributed by atoms with Crippen molar-refractivity contribution in [3.63, 3.8) is 0 Å². The number of aromatic nitrogens is 1. The number of hydrogen-bond acceptors (Lipinski definition) is 7. The second kappa shape index (κ2) is 8.72. The van der Waals surface area contributed by atoms with Gasteiger partial charge in [0.05, 0.1) is 16.8 Å². The first-order valence-electron chi connectivity index (χ1n) is 10.5. The zero-order valence-electron chi connectivity index (χ0n) is 17.7. The minimum Gasteiger partial charge on any atom is -0.454 e. The summed E-state index contributed by atoms with van der Waals surface area (Å²) in [5, 5.41) is 2.82. The number of hydrogen-bond donors (Lipinski definition) is 1. The average Bonchev–Trinajstić information content (AvgIpc) is 3.33. The van der Waals surface area contributed by atoms with Crippen LogP contribution >= 0.6 is 0 Å². The van der Waals surface area contributed by atoms with Crippen molar-refractivity contribution < 1.29 is 22.7 Å². The highest BCUT2D eigenvalue weighted by Crippen LogP contribution is 2.32. The maximum atomic E-state index is 12.8. The van der Waals surface area contributed by atoms with E-state index in [-0.39, 0.29) is 12.7 Å². The van der Waals surface area contributed by atoms with E-state index in [0.29, 0.717) is 53.8 Å². The molecule has 170 valence electrons. The molecule has 10 heteroatoms. The van der Waals surface area contributed by atoms with Gasteiger partial charge in [0, 0.05) is 31.7 Å². The number of carbonyl (C=O) groups is 1. The molecule has 5 rings (SSSR count). The monoisotopic (exact) mass is 466 g/mol. The number of anilines is 2. The Hall–Kier alpha value is -3.63. The van der Waals surface area contributed by atoms with Crippen LogP contribution in [0.1, 0.15) is 10.4 Å². The maximum absolute atomic E-state index is 12.8. The molecule has 0 aliphatic carbocycles. The quantitative estimate of drug-likeness (QED) is 0.617. The van der Waals surface area contributed by atoms with E-state index in [1.165, 1.54) is 4.31 Å². The molecular weight excluding hydrogens is 444 g/mol. The first-order chi connectivity index (χ1) is 16.0. The Morgan fingerprint density at radius 2 is 1.67 bits per heavy atom. The molecule has 0 unspecified atom stereocenters. The van der Waals surface area contributed by atoms with Crippen LogP contribution in [0, 0.1) is 0 Å². The number of pyridine rings is 1. The summed E-state index contributed by atoms with van der Waals surface area (Å²) in [6.07, 6.45) is 1.59. The third kappa shape index (κ3) is 4.35. The van der Waals surface area contributed by atoms with Crippen molar-refractivity contribution >= 4 is 27.4 Å². The van der Waals surface area contributed by atoms with E-state index < -0.39 is 10.0 Å². The third-order valence-corrected chi connectivity index (χ3v) is 7.50. The van der Waals surface area contributed by atoms with E-state index in [4.69, 9.17) is 9.47 Å². The van der Waals surface area contributed by atoms with E-state index in [1.54, 1.807) is 60.8 Å². The molecule has 1 aromatic heterocycles. The molecule has 3 heterocycles. The highest BCUT2D eigenvalue weighted by molar-refractivity contribution is 7.89. The van der Waals surface area contributed by atoms with Crippen molar-refractivity contribution in [3.8, 4) is 11.5 Å². The number of amides is 1. The Morgan fingerprint density at radius 1 is 0.909 bits per heavy atom. The largest absolute Gasteiger partial charge is 0.454 e. The number of ether oxygens (including phenoxy) is 2. The van der Waals surface area contributed by atoms with Crippen LogP contribution in [0.15, 0.2) is 71.8 Å². The topological polar surface area (TPSA) is 101 Å². The van der Waals surface area contributed by atoms with Crippen LogP contribution in [0.2, 0.25) is 0 Å². The highest BCUT2D eigenvalue weighted by atomic mass is 32.2. The second-order valence-corrected chi connectivity index (χ2v) is 9.57. The fourth-order valence-electron chi connectivity index (χ4n) is 3.79. The summed E-state index contributed by atoms with van der Waals surface area (Å²) in [4.78, 5) is 19.3. The van der Waals surface area contributed by atoms with Gasteiger partial charge in [0.2, 0.25) is 16.8 Å². The summed E-state index contributed by atoms with van der Waals surface area (Å²) in [5.74, 6) is 1.62. The fraction of sp³-hybridized carbons (Fsp3) is 0.217. The molecule has 3 aromatic rings. The van der Waals surface area contributed by atoms with Gasteiger partial charge < -0.3 is 19.7 Å². The van der Waals surface area contributed by atoms with Crippen molar-refractivity contribution in [1.82, 2.24) is 9.29 Å². The number of benzene rings is 2. The van der Waals surface area contributed by atoms with Gasteiger partial charge in [-0.05, 0) is 42.5 Å². The molecular formula is C23H22N4O5S. The Labute approximate surface area is 191 Å². The third-order valence-electron chi connectivity index (χ3n) is 5.58. The van der Waals surface area contributed by atoms with Crippen LogP contribution in [0.3, 0.4) is 0 Å². The van der Waals surface area contributed by atoms with Crippen LogP contribution in [0.4, 0.5) is 11.5 Å². The van der Waals surface area contributed by atoms with Gasteiger partial charge in [0.1, 0.15) is 5.82 Å². The van der Waals surface area contributed by atoms with Crippen LogP contribution in [0.5, 0.6) is 11.5 Å². The van der Waals surface area contributed by atoms with Gasteiger partial charge in [-0.25, -0.2) is 13.4 Å². The second-order valence-electron chi connectivity index (χ2n) is 7.63. The zero-order valence-corrected chi connectivity index (χ0v) is 18.5. The highest BCUT2D eigenvalue weighted by Gasteiger charge is 2.28. The molecule has 0 atom stereocenters. The van der Waals surface area contributed by atoms with Crippen LogP contribution in [-0.4, -0.2) is 56.6 Å². The van der Waals surface area contributed by atoms with Gasteiger partial charge >= 0.3 is 0 Å². The Morgan fingerprint density at radius 3 is 2.39 bits per heavy atom. The summed E-state index contributed by atoms with van der Waals surface area (Å²) in [6.45, 7) is 1.96. The lowest BCUT2D eigenvalue weighted by atomic mass is 10.2. The lowest BCUT2D eigenvalue weighted by Crippen LogP contribution is -2.48. The molecule has 1 fully saturated rings. The molecule has 0 spiro atoms. The minimum absolute atomic E-state index is 0.151. The standard InChI is InChI=1S/C23H22N4O5S/c28-23(17-6-8-20-21(14-17)32-16-31-20)25-18-7-9-22(24-15-18)26-10-12-27(13-11-26)33(29,30)19-4-2-1-3-5-19/h1-9,14-15H,10-13,16H2,(H,25,28). The maximum Gasteiger partial charge on any atom is 0.255 e. The van der Waals surface area contributed by atoms with Crippen LogP contribution in [0.25, 0.3) is 0 Å². The van der Waals surface area contributed by atoms with Gasteiger partial charge in [-0.1, -0.05) is 18.2 Å². The zero-order chi connectivity index (χ0) is 22.8. The summed E-state index contributed by atoms with van der Waals surface area (Å²) >= 11 is 0. The molecule has 2 aliphatic rings. The van der Waals surface area contributed by atoms with E-state index >= 15 is 0 Å². The number of sulfonamides is 1. The molecule has 2 aliphatic heterocycles. The number of rotatable bonds is 5. The van der Waals surface area contributed by atoms with E-state index in [0.717, 1.165) is 5.82 Å². The van der Waals surface area contributed by atoms with Crippen LogP contribution in [-0.2, 0) is 10.0 Å². The van der Waals surface area contributed by atoms with Crippen LogP contribution < -0.4 is 19.7 Å². The lowest BCUT2D eigenvalue weighted by Gasteiger charge is -2.34. The number of carbonyl (C=O) groups excluding carboxylic acids is 1. The number of nitrogens with zero attached hydrogens (tertiary/aromatic N) is 3. The molecule has 9 nitrogen and oxygen atoms in total. The molecule has 1 N–H and O–H groups in total. The molecule has 0 saturated carbocycles. The summed E-state index contributed by atoms with van der Waals surface area (Å²) < 4.78 is 37.7. The molecule has 1 saturated heterocycles. The molecule has 2 aromatic carbocycles. The molecule has 33 heavy (non-hydrogen) atoms. The van der Waals surface area contributed by atoms with Crippen molar-refractivity contribution in [2.45, 2.75) is 4.90 Å². The van der Waals surface area contributed by atoms with E-state index in [1.807, 2.05) is 11.0 Å². The van der Waals surface area contributed by atoms with Crippen molar-refractivity contribution in [2.75, 3.05) is 43.2 Å². The summed E-state index contributed by atoms with van der Waals surface area (Å²) in [5.41, 5.74) is 1.02. The van der Waals surface area contributed by atoms with E-state index in [2.05, 4.69) is 10.3 Å². The van der Waals surface area contributed by atoms with Crippen molar-refractivity contribution in [1.29, 1.82) is 0 Å². The SMILES string of the molecule is O=C(Nc1ccc(N2CCN(S(=O)(=O)c3ccccc3)CC2)nc1)c1ccc2c(c1)OCO2. The Bertz CT molecular complexity index is 1260. The summed E-state index contributed by atoms with van der Waals surface area (Å²) in [6, 6.07) is 17.1. The van der Waals surface area contributed by atoms with Gasteiger partial charge in [0.15, 0.2) is 11.5 Å². The lowest BCUT2D eigenvalue weighted by molar-refractivity contribution is 0.102. The fourth-order valence-corrected chi connectivity index (χ4v) is 5.23. The minimum atomic E-state index is -3.50. The van der Waals surface area contributed by atoms with Gasteiger partial charge in [-0.3, -0.25) is 4.79 Å². The predicted octanol–water partition coefficient (Wildman–Crippen LogP) is 2.57. The van der Waals surface area contributed by atoms with Crippen molar-refractivity contribution in [3.05, 3.63) is 72.4 Å². The Balaban J connectivity index is 1.20. The van der Waals surface area contributed by atoms with Gasteiger partial charge in [-0.2, -0.15) is 4.31 Å². The van der Waals surface area contributed by atoms with Crippen molar-refractivity contribution in [2.24, 2.45) is 0 Å². The smallest absolute Gasteiger partial charge is 0.255 e. The average molecular weight is 467 g/mol. The molecule has 0 radical (unpaired) electrons.